The lowest BCUT2D eigenvalue weighted by Gasteiger charge is -2.08. The van der Waals surface area contributed by atoms with E-state index in [1.807, 2.05) is 30.1 Å². The number of furan rings is 1. The van der Waals surface area contributed by atoms with Crippen LogP contribution in [0.5, 0.6) is 0 Å². The molecule has 30 heavy (non-hydrogen) atoms. The third-order valence-corrected chi connectivity index (χ3v) is 6.15. The highest BCUT2D eigenvalue weighted by molar-refractivity contribution is 6.21. The molecule has 0 fully saturated rings. The van der Waals surface area contributed by atoms with E-state index in [4.69, 9.17) is 4.42 Å². The van der Waals surface area contributed by atoms with Crippen LogP contribution < -0.4 is 0 Å². The highest BCUT2D eigenvalue weighted by atomic mass is 16.3. The molecule has 7 rings (SSSR count). The van der Waals surface area contributed by atoms with Crippen LogP contribution in [0.3, 0.4) is 0 Å². The fourth-order valence-electron chi connectivity index (χ4n) is 4.76. The van der Waals surface area contributed by atoms with Gasteiger partial charge in [0, 0.05) is 34.3 Å². The Hall–Kier alpha value is -4.05. The third kappa shape index (κ3) is 1.93. The van der Waals surface area contributed by atoms with E-state index in [1.165, 1.54) is 10.8 Å². The average molecular weight is 387 g/mol. The molecule has 0 atom stereocenters. The van der Waals surface area contributed by atoms with Gasteiger partial charge in [0.2, 0.25) is 0 Å². The van der Waals surface area contributed by atoms with Crippen molar-refractivity contribution in [3.05, 3.63) is 85.2 Å². The Bertz CT molecular complexity index is 1760. The minimum atomic E-state index is 0.914. The van der Waals surface area contributed by atoms with Crippen molar-refractivity contribution in [2.24, 2.45) is 7.05 Å². The predicted molar refractivity (Wildman–Crippen MR) is 122 cm³/mol. The molecule has 0 bridgehead atoms. The Morgan fingerprint density at radius 1 is 0.733 bits per heavy atom. The van der Waals surface area contributed by atoms with Gasteiger partial charge in [0.25, 0.3) is 0 Å². The maximum Gasteiger partial charge on any atom is 0.160 e. The van der Waals surface area contributed by atoms with Crippen molar-refractivity contribution in [1.29, 1.82) is 0 Å². The number of fused-ring (bicyclic) bond motifs is 8. The number of rotatable bonds is 1. The molecule has 4 aromatic carbocycles. The van der Waals surface area contributed by atoms with Crippen LogP contribution in [0.2, 0.25) is 0 Å². The van der Waals surface area contributed by atoms with E-state index in [1.54, 1.807) is 0 Å². The number of hydrogen-bond acceptors (Lipinski definition) is 2. The zero-order valence-corrected chi connectivity index (χ0v) is 16.3. The van der Waals surface area contributed by atoms with Crippen molar-refractivity contribution in [3.8, 4) is 5.69 Å². The standard InChI is InChI=1S/C26H17N3O/c1-28-15-27-21-14-16(10-13-23(21)28)29-22-8-4-2-6-17(22)19-11-12-20-18-7-3-5-9-24(18)30-26(20)25(19)29/h2-15H,1H3. The van der Waals surface area contributed by atoms with E-state index in [-0.39, 0.29) is 0 Å². The van der Waals surface area contributed by atoms with Crippen LogP contribution in [-0.4, -0.2) is 14.1 Å². The van der Waals surface area contributed by atoms with Crippen LogP contribution in [0.25, 0.3) is 60.5 Å². The van der Waals surface area contributed by atoms with Gasteiger partial charge in [-0.2, -0.15) is 0 Å². The smallest absolute Gasteiger partial charge is 0.160 e. The second-order valence-electron chi connectivity index (χ2n) is 7.82. The maximum absolute atomic E-state index is 6.41. The first-order valence-corrected chi connectivity index (χ1v) is 10.0. The van der Waals surface area contributed by atoms with E-state index in [9.17, 15) is 0 Å². The minimum Gasteiger partial charge on any atom is -0.454 e. The first kappa shape index (κ1) is 15.8. The molecule has 0 radical (unpaired) electrons. The summed E-state index contributed by atoms with van der Waals surface area (Å²) in [4.78, 5) is 4.57. The molecule has 0 aliphatic rings. The number of imidazole rings is 1. The van der Waals surface area contributed by atoms with Gasteiger partial charge in [-0.05, 0) is 36.4 Å². The summed E-state index contributed by atoms with van der Waals surface area (Å²) in [5.41, 5.74) is 7.28. The van der Waals surface area contributed by atoms with Crippen molar-refractivity contribution in [3.63, 3.8) is 0 Å². The molecule has 0 aliphatic heterocycles. The summed E-state index contributed by atoms with van der Waals surface area (Å²) in [5.74, 6) is 0. The quantitative estimate of drug-likeness (QED) is 0.319. The molecule has 3 aromatic heterocycles. The molecule has 0 saturated carbocycles. The molecule has 0 spiro atoms. The van der Waals surface area contributed by atoms with Gasteiger partial charge < -0.3 is 13.6 Å². The van der Waals surface area contributed by atoms with E-state index < -0.39 is 0 Å². The SMILES string of the molecule is Cn1cnc2cc(-n3c4ccccc4c4ccc5c6ccccc6oc5c43)ccc21. The second kappa shape index (κ2) is 5.51. The van der Waals surface area contributed by atoms with Crippen molar-refractivity contribution in [2.75, 3.05) is 0 Å². The predicted octanol–water partition coefficient (Wildman–Crippen LogP) is 6.57. The summed E-state index contributed by atoms with van der Waals surface area (Å²) in [6.07, 6.45) is 1.86. The molecule has 0 unspecified atom stereocenters. The Kier molecular flexibility index (Phi) is 2.91. The first-order chi connectivity index (χ1) is 14.8. The van der Waals surface area contributed by atoms with E-state index in [2.05, 4.69) is 76.3 Å². The van der Waals surface area contributed by atoms with E-state index in [0.29, 0.717) is 0 Å². The van der Waals surface area contributed by atoms with Gasteiger partial charge in [0.05, 0.1) is 28.4 Å². The van der Waals surface area contributed by atoms with Crippen molar-refractivity contribution in [1.82, 2.24) is 14.1 Å². The molecule has 0 N–H and O–H groups in total. The molecular weight excluding hydrogens is 370 g/mol. The Morgan fingerprint density at radius 2 is 1.53 bits per heavy atom. The second-order valence-corrected chi connectivity index (χ2v) is 7.82. The average Bonchev–Trinajstić information content (AvgIpc) is 3.45. The van der Waals surface area contributed by atoms with Crippen LogP contribution in [0, 0.1) is 0 Å². The summed E-state index contributed by atoms with van der Waals surface area (Å²) >= 11 is 0. The molecule has 4 nitrogen and oxygen atoms in total. The molecule has 0 amide bonds. The summed E-state index contributed by atoms with van der Waals surface area (Å²) in [6, 6.07) is 27.6. The number of aromatic nitrogens is 3. The molecule has 0 saturated heterocycles. The van der Waals surface area contributed by atoms with Gasteiger partial charge in [0.15, 0.2) is 5.58 Å². The monoisotopic (exact) mass is 387 g/mol. The summed E-state index contributed by atoms with van der Waals surface area (Å²) in [7, 11) is 2.02. The lowest BCUT2D eigenvalue weighted by Crippen LogP contribution is -1.94. The summed E-state index contributed by atoms with van der Waals surface area (Å²) < 4.78 is 10.8. The zero-order chi connectivity index (χ0) is 19.8. The third-order valence-electron chi connectivity index (χ3n) is 6.15. The molecule has 4 heteroatoms. The maximum atomic E-state index is 6.41. The van der Waals surface area contributed by atoms with Crippen molar-refractivity contribution < 1.29 is 4.42 Å². The van der Waals surface area contributed by atoms with E-state index >= 15 is 0 Å². The van der Waals surface area contributed by atoms with Gasteiger partial charge in [-0.3, -0.25) is 0 Å². The molecule has 3 heterocycles. The van der Waals surface area contributed by atoms with Crippen LogP contribution in [0.4, 0.5) is 0 Å². The lowest BCUT2D eigenvalue weighted by atomic mass is 10.1. The fraction of sp³-hybridized carbons (Fsp3) is 0.0385. The van der Waals surface area contributed by atoms with Gasteiger partial charge in [-0.25, -0.2) is 4.98 Å². The molecule has 7 aromatic rings. The number of para-hydroxylation sites is 2. The molecule has 0 aliphatic carbocycles. The zero-order valence-electron chi connectivity index (χ0n) is 16.3. The number of nitrogens with zero attached hydrogens (tertiary/aromatic N) is 3. The fourth-order valence-corrected chi connectivity index (χ4v) is 4.76. The van der Waals surface area contributed by atoms with Gasteiger partial charge >= 0.3 is 0 Å². The molecule has 142 valence electrons. The first-order valence-electron chi connectivity index (χ1n) is 10.0. The van der Waals surface area contributed by atoms with Gasteiger partial charge in [-0.1, -0.05) is 42.5 Å². The van der Waals surface area contributed by atoms with Crippen molar-refractivity contribution in [2.45, 2.75) is 0 Å². The highest BCUT2D eigenvalue weighted by Crippen LogP contribution is 2.40. The van der Waals surface area contributed by atoms with Crippen LogP contribution in [-0.2, 0) is 7.05 Å². The van der Waals surface area contributed by atoms with Crippen LogP contribution >= 0.6 is 0 Å². The van der Waals surface area contributed by atoms with Gasteiger partial charge in [0.1, 0.15) is 5.58 Å². The van der Waals surface area contributed by atoms with E-state index in [0.717, 1.165) is 49.7 Å². The number of hydrogen-bond donors (Lipinski definition) is 0. The normalized spacial score (nSPS) is 12.2. The Morgan fingerprint density at radius 3 is 2.47 bits per heavy atom. The van der Waals surface area contributed by atoms with Crippen LogP contribution in [0.15, 0.2) is 89.6 Å². The van der Waals surface area contributed by atoms with Crippen LogP contribution in [0.1, 0.15) is 0 Å². The largest absolute Gasteiger partial charge is 0.454 e. The topological polar surface area (TPSA) is 35.9 Å². The summed E-state index contributed by atoms with van der Waals surface area (Å²) in [5, 5.41) is 4.70. The minimum absolute atomic E-state index is 0.914. The highest BCUT2D eigenvalue weighted by Gasteiger charge is 2.19. The van der Waals surface area contributed by atoms with Gasteiger partial charge in [-0.15, -0.1) is 0 Å². The lowest BCUT2D eigenvalue weighted by molar-refractivity contribution is 0.671. The number of benzene rings is 4. The number of aryl methyl sites for hydroxylation is 1. The Balaban J connectivity index is 1.71. The van der Waals surface area contributed by atoms with Crippen molar-refractivity contribution >= 4 is 54.8 Å². The summed E-state index contributed by atoms with van der Waals surface area (Å²) in [6.45, 7) is 0. The molecular formula is C26H17N3O. The Labute approximate surface area is 171 Å².